The van der Waals surface area contributed by atoms with E-state index in [4.69, 9.17) is 15.5 Å². The van der Waals surface area contributed by atoms with Gasteiger partial charge in [0, 0.05) is 5.56 Å². The van der Waals surface area contributed by atoms with Gasteiger partial charge in [-0.2, -0.15) is 0 Å². The molecule has 2 saturated carbocycles. The Morgan fingerprint density at radius 2 is 1.58 bits per heavy atom. The average Bonchev–Trinajstić information content (AvgIpc) is 3.26. The Labute approximate surface area is 196 Å². The van der Waals surface area contributed by atoms with Gasteiger partial charge in [0.1, 0.15) is 17.1 Å². The Morgan fingerprint density at radius 3 is 2.18 bits per heavy atom. The summed E-state index contributed by atoms with van der Waals surface area (Å²) in [5.74, 6) is 1.88. The van der Waals surface area contributed by atoms with E-state index in [9.17, 15) is 4.79 Å². The fraction of sp³-hybridized carbons (Fsp3) is 0.500. The Kier molecular flexibility index (Phi) is 6.13. The van der Waals surface area contributed by atoms with Crippen molar-refractivity contribution >= 4 is 16.9 Å². The maximum Gasteiger partial charge on any atom is 0.244 e. The molecule has 0 radical (unpaired) electrons. The molecule has 3 aromatic rings. The van der Waals surface area contributed by atoms with Crippen LogP contribution >= 0.6 is 0 Å². The number of benzene rings is 2. The van der Waals surface area contributed by atoms with E-state index in [-0.39, 0.29) is 17.7 Å². The number of hydrogen-bond donors (Lipinski definition) is 1. The highest BCUT2D eigenvalue weighted by molar-refractivity contribution is 5.90. The van der Waals surface area contributed by atoms with E-state index >= 15 is 0 Å². The summed E-state index contributed by atoms with van der Waals surface area (Å²) in [5, 5.41) is 0. The largest absolute Gasteiger partial charge is 0.497 e. The maximum absolute atomic E-state index is 13.8. The number of ether oxygens (including phenoxy) is 1. The number of amides is 1. The molecule has 1 aromatic heterocycles. The van der Waals surface area contributed by atoms with Gasteiger partial charge in [0.15, 0.2) is 0 Å². The molecule has 2 aliphatic rings. The van der Waals surface area contributed by atoms with E-state index in [0.717, 1.165) is 79.5 Å². The number of carbonyl (C=O) groups excluding carboxylic acids is 1. The third kappa shape index (κ3) is 3.71. The van der Waals surface area contributed by atoms with Crippen molar-refractivity contribution in [2.45, 2.75) is 69.7 Å². The van der Waals surface area contributed by atoms with Crippen LogP contribution in [0.25, 0.3) is 22.4 Å². The first kappa shape index (κ1) is 22.0. The molecule has 0 saturated heterocycles. The van der Waals surface area contributed by atoms with Crippen molar-refractivity contribution in [2.24, 2.45) is 17.6 Å². The number of rotatable bonds is 6. The van der Waals surface area contributed by atoms with Crippen LogP contribution in [0, 0.1) is 11.8 Å². The van der Waals surface area contributed by atoms with Crippen molar-refractivity contribution in [1.82, 2.24) is 9.55 Å². The number of nitrogens with two attached hydrogens (primary N) is 1. The van der Waals surface area contributed by atoms with E-state index in [1.807, 2.05) is 36.4 Å². The number of imidazole rings is 1. The summed E-state index contributed by atoms with van der Waals surface area (Å²) in [7, 11) is 1.68. The van der Waals surface area contributed by atoms with Gasteiger partial charge in [-0.05, 0) is 61.8 Å². The molecule has 5 rings (SSSR count). The summed E-state index contributed by atoms with van der Waals surface area (Å²) in [6, 6.07) is 16.2. The van der Waals surface area contributed by atoms with Crippen LogP contribution in [-0.2, 0) is 10.3 Å². The predicted octanol–water partition coefficient (Wildman–Crippen LogP) is 6.05. The second kappa shape index (κ2) is 9.20. The molecular formula is C28H35N3O2. The normalized spacial score (nSPS) is 18.5. The van der Waals surface area contributed by atoms with Gasteiger partial charge in [0.2, 0.25) is 5.91 Å². The van der Waals surface area contributed by atoms with Gasteiger partial charge >= 0.3 is 0 Å². The lowest BCUT2D eigenvalue weighted by molar-refractivity contribution is -0.135. The SMILES string of the molecule is COc1cccc(-c2nc3ccccc3n2C(C(N)=O)(C2CCCCC2)C2CCCCC2)c1. The fourth-order valence-electron chi connectivity index (χ4n) is 6.65. The van der Waals surface area contributed by atoms with Gasteiger partial charge in [0.05, 0.1) is 18.1 Å². The average molecular weight is 446 g/mol. The van der Waals surface area contributed by atoms with Crippen LogP contribution in [0.1, 0.15) is 64.2 Å². The topological polar surface area (TPSA) is 70.1 Å². The third-order valence-electron chi connectivity index (χ3n) is 8.11. The van der Waals surface area contributed by atoms with Crippen LogP contribution in [0.3, 0.4) is 0 Å². The number of methoxy groups -OCH3 is 1. The third-order valence-corrected chi connectivity index (χ3v) is 8.11. The number of fused-ring (bicyclic) bond motifs is 1. The number of carbonyl (C=O) groups is 1. The molecule has 174 valence electrons. The Morgan fingerprint density at radius 1 is 0.939 bits per heavy atom. The van der Waals surface area contributed by atoms with Crippen LogP contribution in [0.15, 0.2) is 48.5 Å². The van der Waals surface area contributed by atoms with Crippen molar-refractivity contribution in [3.63, 3.8) is 0 Å². The first-order valence-electron chi connectivity index (χ1n) is 12.6. The van der Waals surface area contributed by atoms with Crippen molar-refractivity contribution in [2.75, 3.05) is 7.11 Å². The zero-order valence-electron chi connectivity index (χ0n) is 19.6. The highest BCUT2D eigenvalue weighted by atomic mass is 16.5. The Hall–Kier alpha value is -2.82. The molecule has 0 atom stereocenters. The van der Waals surface area contributed by atoms with Crippen molar-refractivity contribution < 1.29 is 9.53 Å². The van der Waals surface area contributed by atoms with E-state index in [1.165, 1.54) is 12.8 Å². The monoisotopic (exact) mass is 445 g/mol. The minimum absolute atomic E-state index is 0.186. The molecule has 0 aliphatic heterocycles. The maximum atomic E-state index is 13.8. The van der Waals surface area contributed by atoms with Gasteiger partial charge < -0.3 is 15.0 Å². The summed E-state index contributed by atoms with van der Waals surface area (Å²) in [4.78, 5) is 18.9. The highest BCUT2D eigenvalue weighted by Gasteiger charge is 2.53. The van der Waals surface area contributed by atoms with E-state index < -0.39 is 5.54 Å². The lowest BCUT2D eigenvalue weighted by atomic mass is 9.63. The summed E-state index contributed by atoms with van der Waals surface area (Å²) in [5.41, 5.74) is 8.61. The van der Waals surface area contributed by atoms with E-state index in [2.05, 4.69) is 16.7 Å². The number of nitrogens with zero attached hydrogens (tertiary/aromatic N) is 2. The number of primary amides is 1. The molecule has 1 heterocycles. The molecule has 5 heteroatoms. The number of para-hydroxylation sites is 2. The Balaban J connectivity index is 1.82. The van der Waals surface area contributed by atoms with Gasteiger partial charge in [-0.1, -0.05) is 62.8 Å². The summed E-state index contributed by atoms with van der Waals surface area (Å²) >= 11 is 0. The first-order chi connectivity index (χ1) is 16.2. The van der Waals surface area contributed by atoms with Crippen LogP contribution in [-0.4, -0.2) is 22.6 Å². The molecule has 2 aliphatic carbocycles. The molecule has 2 aromatic carbocycles. The molecule has 0 spiro atoms. The summed E-state index contributed by atoms with van der Waals surface area (Å²) < 4.78 is 7.80. The fourth-order valence-corrected chi connectivity index (χ4v) is 6.65. The lowest BCUT2D eigenvalue weighted by Gasteiger charge is -2.48. The van der Waals surface area contributed by atoms with Crippen LogP contribution in [0.2, 0.25) is 0 Å². The van der Waals surface area contributed by atoms with E-state index in [0.29, 0.717) is 0 Å². The highest BCUT2D eigenvalue weighted by Crippen LogP contribution is 2.50. The number of hydrogen-bond acceptors (Lipinski definition) is 3. The van der Waals surface area contributed by atoms with Crippen LogP contribution < -0.4 is 10.5 Å². The second-order valence-electron chi connectivity index (χ2n) is 9.85. The Bertz CT molecular complexity index is 1110. The molecule has 0 unspecified atom stereocenters. The zero-order valence-corrected chi connectivity index (χ0v) is 19.6. The second-order valence-corrected chi connectivity index (χ2v) is 9.85. The summed E-state index contributed by atoms with van der Waals surface area (Å²) in [6.45, 7) is 0. The van der Waals surface area contributed by atoms with Crippen molar-refractivity contribution in [3.8, 4) is 17.1 Å². The molecule has 2 fully saturated rings. The molecule has 1 amide bonds. The van der Waals surface area contributed by atoms with Crippen LogP contribution in [0.4, 0.5) is 0 Å². The van der Waals surface area contributed by atoms with E-state index in [1.54, 1.807) is 7.11 Å². The van der Waals surface area contributed by atoms with Gasteiger partial charge in [-0.3, -0.25) is 4.79 Å². The quantitative estimate of drug-likeness (QED) is 0.502. The van der Waals surface area contributed by atoms with Crippen LogP contribution in [0.5, 0.6) is 5.75 Å². The lowest BCUT2D eigenvalue weighted by Crippen LogP contribution is -2.58. The minimum atomic E-state index is -0.768. The molecule has 2 N–H and O–H groups in total. The van der Waals surface area contributed by atoms with Crippen molar-refractivity contribution in [3.05, 3.63) is 48.5 Å². The summed E-state index contributed by atoms with van der Waals surface area (Å²) in [6.07, 6.45) is 11.3. The molecule has 33 heavy (non-hydrogen) atoms. The zero-order chi connectivity index (χ0) is 22.8. The van der Waals surface area contributed by atoms with Gasteiger partial charge in [-0.15, -0.1) is 0 Å². The predicted molar refractivity (Wildman–Crippen MR) is 132 cm³/mol. The standard InChI is InChI=1S/C28H35N3O2/c1-33-23-16-10-11-20(19-23)26-30-24-17-8-9-18-25(24)31(26)28(27(29)32,21-12-4-2-5-13-21)22-14-6-3-7-15-22/h8-11,16-19,21-22H,2-7,12-15H2,1H3,(H2,29,32). The number of aromatic nitrogens is 2. The molecule has 0 bridgehead atoms. The molecular weight excluding hydrogens is 410 g/mol. The first-order valence-corrected chi connectivity index (χ1v) is 12.6. The van der Waals surface area contributed by atoms with Crippen molar-refractivity contribution in [1.29, 1.82) is 0 Å². The molecule has 5 nitrogen and oxygen atoms in total. The van der Waals surface area contributed by atoms with Gasteiger partial charge in [0.25, 0.3) is 0 Å². The smallest absolute Gasteiger partial charge is 0.244 e. The van der Waals surface area contributed by atoms with Gasteiger partial charge in [-0.25, -0.2) is 4.98 Å². The minimum Gasteiger partial charge on any atom is -0.497 e.